The number of ether oxygens (including phenoxy) is 1. The molecule has 0 bridgehead atoms. The molecule has 1 aliphatic rings. The van der Waals surface area contributed by atoms with E-state index in [4.69, 9.17) is 10.00 Å². The second kappa shape index (κ2) is 10.2. The Morgan fingerprint density at radius 1 is 1.24 bits per heavy atom. The van der Waals surface area contributed by atoms with Crippen molar-refractivity contribution in [2.24, 2.45) is 11.8 Å². The summed E-state index contributed by atoms with van der Waals surface area (Å²) < 4.78 is 5.23. The Labute approximate surface area is 192 Å². The summed E-state index contributed by atoms with van der Waals surface area (Å²) >= 11 is 0. The van der Waals surface area contributed by atoms with Crippen LogP contribution in [0, 0.1) is 30.1 Å². The van der Waals surface area contributed by atoms with Crippen LogP contribution in [-0.2, 0) is 13.1 Å². The van der Waals surface area contributed by atoms with Crippen LogP contribution in [0.1, 0.15) is 47.4 Å². The predicted molar refractivity (Wildman–Crippen MR) is 121 cm³/mol. The van der Waals surface area contributed by atoms with E-state index in [-0.39, 0.29) is 11.8 Å². The summed E-state index contributed by atoms with van der Waals surface area (Å²) in [4.78, 5) is 18.7. The SMILES string of the molecule is COc1cccc(CNC(=O)c2cc(-c3nnn(C[C@H]4CC[C@H](C#N)CC4)n3)cc(C)n2)c1. The van der Waals surface area contributed by atoms with Crippen molar-refractivity contribution >= 4 is 5.91 Å². The molecule has 0 unspecified atom stereocenters. The molecule has 4 rings (SSSR count). The average molecular weight is 446 g/mol. The lowest BCUT2D eigenvalue weighted by atomic mass is 9.83. The maximum Gasteiger partial charge on any atom is 0.270 e. The molecular weight excluding hydrogens is 418 g/mol. The van der Waals surface area contributed by atoms with Crippen molar-refractivity contribution in [3.63, 3.8) is 0 Å². The number of carbonyl (C=O) groups is 1. The summed E-state index contributed by atoms with van der Waals surface area (Å²) in [6.07, 6.45) is 3.86. The van der Waals surface area contributed by atoms with E-state index < -0.39 is 0 Å². The van der Waals surface area contributed by atoms with Crippen LogP contribution in [0.3, 0.4) is 0 Å². The van der Waals surface area contributed by atoms with Crippen molar-refractivity contribution in [2.75, 3.05) is 7.11 Å². The first-order valence-electron chi connectivity index (χ1n) is 11.1. The van der Waals surface area contributed by atoms with Crippen LogP contribution in [0.25, 0.3) is 11.4 Å². The molecule has 2 aromatic heterocycles. The number of tetrazole rings is 1. The lowest BCUT2D eigenvalue weighted by molar-refractivity contribution is 0.0945. The number of hydrogen-bond donors (Lipinski definition) is 1. The highest BCUT2D eigenvalue weighted by atomic mass is 16.5. The molecule has 0 aliphatic heterocycles. The van der Waals surface area contributed by atoms with Crippen molar-refractivity contribution in [1.82, 2.24) is 30.5 Å². The van der Waals surface area contributed by atoms with Gasteiger partial charge in [0.1, 0.15) is 11.4 Å². The molecule has 1 N–H and O–H groups in total. The minimum Gasteiger partial charge on any atom is -0.497 e. The fraction of sp³-hybridized carbons (Fsp3) is 0.417. The molecule has 9 heteroatoms. The van der Waals surface area contributed by atoms with Crippen LogP contribution >= 0.6 is 0 Å². The molecule has 9 nitrogen and oxygen atoms in total. The standard InChI is InChI=1S/C24H27N7O2/c1-16-10-20(23-28-30-31(29-23)15-18-8-6-17(13-25)7-9-18)12-22(27-16)24(32)26-14-19-4-3-5-21(11-19)33-2/h3-5,10-12,17-18H,6-9,14-15H2,1-2H3,(H,26,32)/t17-,18-. The molecule has 2 heterocycles. The molecule has 1 fully saturated rings. The van der Waals surface area contributed by atoms with Crippen LogP contribution in [0.5, 0.6) is 5.75 Å². The van der Waals surface area contributed by atoms with Crippen molar-refractivity contribution < 1.29 is 9.53 Å². The fourth-order valence-corrected chi connectivity index (χ4v) is 4.11. The molecule has 0 spiro atoms. The van der Waals surface area contributed by atoms with Crippen LogP contribution in [0.15, 0.2) is 36.4 Å². The Balaban J connectivity index is 1.42. The highest BCUT2D eigenvalue weighted by Gasteiger charge is 2.22. The normalized spacial score (nSPS) is 17.8. The molecular formula is C24H27N7O2. The van der Waals surface area contributed by atoms with E-state index >= 15 is 0 Å². The van der Waals surface area contributed by atoms with Gasteiger partial charge in [0, 0.05) is 23.7 Å². The van der Waals surface area contributed by atoms with Crippen molar-refractivity contribution in [2.45, 2.75) is 45.7 Å². The van der Waals surface area contributed by atoms with Crippen molar-refractivity contribution in [1.29, 1.82) is 5.26 Å². The number of nitrogens with one attached hydrogen (secondary N) is 1. The number of pyridine rings is 1. The second-order valence-electron chi connectivity index (χ2n) is 8.43. The molecule has 1 saturated carbocycles. The zero-order valence-corrected chi connectivity index (χ0v) is 18.9. The number of aryl methyl sites for hydroxylation is 1. The van der Waals surface area contributed by atoms with Gasteiger partial charge in [-0.15, -0.1) is 10.2 Å². The smallest absolute Gasteiger partial charge is 0.270 e. The van der Waals surface area contributed by atoms with Crippen LogP contribution in [0.2, 0.25) is 0 Å². The first kappa shape index (κ1) is 22.4. The zero-order chi connectivity index (χ0) is 23.2. The molecule has 3 aromatic rings. The third kappa shape index (κ3) is 5.71. The van der Waals surface area contributed by atoms with E-state index in [9.17, 15) is 4.79 Å². The van der Waals surface area contributed by atoms with Gasteiger partial charge in [-0.1, -0.05) is 12.1 Å². The van der Waals surface area contributed by atoms with Gasteiger partial charge < -0.3 is 10.1 Å². The number of nitriles is 1. The van der Waals surface area contributed by atoms with Gasteiger partial charge in [0.2, 0.25) is 5.82 Å². The van der Waals surface area contributed by atoms with Gasteiger partial charge in [-0.25, -0.2) is 4.98 Å². The number of carbonyl (C=O) groups excluding carboxylic acids is 1. The zero-order valence-electron chi connectivity index (χ0n) is 18.9. The van der Waals surface area contributed by atoms with Gasteiger partial charge in [-0.2, -0.15) is 10.1 Å². The number of methoxy groups -OCH3 is 1. The van der Waals surface area contributed by atoms with E-state index in [2.05, 4.69) is 31.8 Å². The number of aromatic nitrogens is 5. The van der Waals surface area contributed by atoms with Gasteiger partial charge >= 0.3 is 0 Å². The number of hydrogen-bond acceptors (Lipinski definition) is 7. The molecule has 170 valence electrons. The quantitative estimate of drug-likeness (QED) is 0.592. The Morgan fingerprint density at radius 2 is 2.06 bits per heavy atom. The summed E-state index contributed by atoms with van der Waals surface area (Å²) in [5, 5.41) is 24.9. The van der Waals surface area contributed by atoms with E-state index in [1.54, 1.807) is 18.0 Å². The topological polar surface area (TPSA) is 119 Å². The number of rotatable bonds is 7. The third-order valence-corrected chi connectivity index (χ3v) is 5.94. The maximum atomic E-state index is 12.7. The predicted octanol–water partition coefficient (Wildman–Crippen LogP) is 3.31. The molecule has 1 amide bonds. The lowest BCUT2D eigenvalue weighted by Gasteiger charge is -2.23. The van der Waals surface area contributed by atoms with Crippen LogP contribution in [-0.4, -0.2) is 38.2 Å². The minimum absolute atomic E-state index is 0.175. The molecule has 1 aromatic carbocycles. The molecule has 33 heavy (non-hydrogen) atoms. The molecule has 0 saturated heterocycles. The van der Waals surface area contributed by atoms with Gasteiger partial charge in [-0.3, -0.25) is 4.79 Å². The first-order valence-corrected chi connectivity index (χ1v) is 11.1. The van der Waals surface area contributed by atoms with E-state index in [0.29, 0.717) is 41.8 Å². The minimum atomic E-state index is -0.274. The Bertz CT molecular complexity index is 1160. The summed E-state index contributed by atoms with van der Waals surface area (Å²) in [5.41, 5.74) is 2.64. The maximum absolute atomic E-state index is 12.7. The lowest BCUT2D eigenvalue weighted by Crippen LogP contribution is -2.24. The average Bonchev–Trinajstić information content (AvgIpc) is 3.31. The van der Waals surface area contributed by atoms with E-state index in [1.165, 1.54) is 0 Å². The van der Waals surface area contributed by atoms with Crippen LogP contribution in [0.4, 0.5) is 0 Å². The summed E-state index contributed by atoms with van der Waals surface area (Å²) in [7, 11) is 1.61. The Hall–Kier alpha value is -3.80. The highest BCUT2D eigenvalue weighted by Crippen LogP contribution is 2.29. The van der Waals surface area contributed by atoms with Crippen molar-refractivity contribution in [3.05, 3.63) is 53.3 Å². The molecule has 0 atom stereocenters. The summed E-state index contributed by atoms with van der Waals surface area (Å²) in [5.74, 6) is 1.56. The Morgan fingerprint density at radius 3 is 2.82 bits per heavy atom. The van der Waals surface area contributed by atoms with Crippen LogP contribution < -0.4 is 10.1 Å². The summed E-state index contributed by atoms with van der Waals surface area (Å²) in [6.45, 7) is 2.88. The Kier molecular flexibility index (Phi) is 6.93. The molecule has 0 radical (unpaired) electrons. The van der Waals surface area contributed by atoms with Gasteiger partial charge in [0.05, 0.1) is 19.7 Å². The second-order valence-corrected chi connectivity index (χ2v) is 8.43. The third-order valence-electron chi connectivity index (χ3n) is 5.94. The van der Waals surface area contributed by atoms with E-state index in [0.717, 1.165) is 37.0 Å². The molecule has 1 aliphatic carbocycles. The monoisotopic (exact) mass is 445 g/mol. The van der Waals surface area contributed by atoms with E-state index in [1.807, 2.05) is 37.3 Å². The number of benzene rings is 1. The van der Waals surface area contributed by atoms with Gasteiger partial charge in [0.15, 0.2) is 0 Å². The highest BCUT2D eigenvalue weighted by molar-refractivity contribution is 5.93. The van der Waals surface area contributed by atoms with Gasteiger partial charge in [-0.05, 0) is 73.6 Å². The number of amides is 1. The summed E-state index contributed by atoms with van der Waals surface area (Å²) in [6, 6.07) is 13.4. The van der Waals surface area contributed by atoms with Crippen molar-refractivity contribution in [3.8, 4) is 23.2 Å². The number of nitrogens with zero attached hydrogens (tertiary/aromatic N) is 6. The fourth-order valence-electron chi connectivity index (χ4n) is 4.11. The largest absolute Gasteiger partial charge is 0.497 e. The first-order chi connectivity index (χ1) is 16.0. The van der Waals surface area contributed by atoms with Gasteiger partial charge in [0.25, 0.3) is 5.91 Å².